The molecule has 290 valence electrons. The Labute approximate surface area is 317 Å². The van der Waals surface area contributed by atoms with E-state index in [1.807, 2.05) is 26.2 Å². The minimum atomic E-state index is -2.69. The zero-order valence-electron chi connectivity index (χ0n) is 32.2. The van der Waals surface area contributed by atoms with Crippen LogP contribution in [0.3, 0.4) is 0 Å². The Bertz CT molecular complexity index is 1540. The second-order valence-corrected chi connectivity index (χ2v) is 31.3. The van der Waals surface area contributed by atoms with Gasteiger partial charge in [-0.3, -0.25) is 10.6 Å². The summed E-state index contributed by atoms with van der Waals surface area (Å²) in [7, 11) is 0. The maximum atomic E-state index is 12.7. The number of fused-ring (bicyclic) bond motifs is 1. The third kappa shape index (κ3) is 15.2. The third-order valence-electron chi connectivity index (χ3n) is 7.47. The molecule has 0 aliphatic heterocycles. The van der Waals surface area contributed by atoms with Gasteiger partial charge >= 0.3 is 196 Å². The Hall–Kier alpha value is -2.52. The van der Waals surface area contributed by atoms with E-state index in [0.29, 0.717) is 16.9 Å². The van der Waals surface area contributed by atoms with Crippen molar-refractivity contribution in [1.82, 2.24) is 9.55 Å². The van der Waals surface area contributed by atoms with Crippen molar-refractivity contribution in [2.75, 3.05) is 10.6 Å². The average Bonchev–Trinajstić information content (AvgIpc) is 3.65. The summed E-state index contributed by atoms with van der Waals surface area (Å²) in [5.74, 6) is 0. The number of carbonyl (C=O) groups excluding carboxylic acids is 3. The molecule has 0 aliphatic rings. The van der Waals surface area contributed by atoms with Gasteiger partial charge in [-0.2, -0.15) is 0 Å². The molecule has 0 fully saturated rings. The second-order valence-electron chi connectivity index (χ2n) is 15.6. The predicted octanol–water partition coefficient (Wildman–Crippen LogP) is 11.3. The number of hydrogen-bond acceptors (Lipinski definition) is 9. The molecule has 0 saturated heterocycles. The van der Waals surface area contributed by atoms with E-state index in [2.05, 4.69) is 36.4 Å². The fraction of sp³-hybridized carbons (Fsp3) is 0.676. The SMILES string of the molecule is C.CC(C)(C)OC(=O)Nc1cscc1NC(=O)OC(C)(C)C.CCC[CH2][Sn]([CH2]CCC)([CH2]CCC)[c]1scc2c1[nH]c(=O)n2C(=O)OC(C)(C)C. The molecule has 3 heterocycles. The van der Waals surface area contributed by atoms with Crippen molar-refractivity contribution in [3.8, 4) is 0 Å². The molecule has 0 radical (unpaired) electrons. The molecule has 2 amide bonds. The summed E-state index contributed by atoms with van der Waals surface area (Å²) in [5, 5.41) is 10.6. The van der Waals surface area contributed by atoms with Crippen LogP contribution >= 0.6 is 22.7 Å². The number of aromatic amines is 1. The molecule has 3 aromatic rings. The van der Waals surface area contributed by atoms with E-state index in [1.165, 1.54) is 70.6 Å². The monoisotopic (exact) mass is 860 g/mol. The fourth-order valence-electron chi connectivity index (χ4n) is 5.36. The molecule has 3 N–H and O–H groups in total. The van der Waals surface area contributed by atoms with Crippen LogP contribution in [0.5, 0.6) is 0 Å². The molecule has 3 rings (SSSR count). The summed E-state index contributed by atoms with van der Waals surface area (Å²) in [6.45, 7) is 22.9. The van der Waals surface area contributed by atoms with Crippen LogP contribution in [0.2, 0.25) is 13.3 Å². The van der Waals surface area contributed by atoms with E-state index >= 15 is 0 Å². The Kier molecular flexibility index (Phi) is 18.3. The number of H-pyrrole nitrogens is 1. The first-order valence-electron chi connectivity index (χ1n) is 17.7. The molecule has 0 saturated carbocycles. The zero-order valence-corrected chi connectivity index (χ0v) is 36.7. The number of rotatable bonds is 12. The minimum absolute atomic E-state index is 0. The fourth-order valence-corrected chi connectivity index (χ4v) is 26.7. The van der Waals surface area contributed by atoms with E-state index in [4.69, 9.17) is 14.2 Å². The molecule has 0 aromatic carbocycles. The van der Waals surface area contributed by atoms with Gasteiger partial charge in [-0.1, -0.05) is 7.43 Å². The number of ether oxygens (including phenoxy) is 3. The quantitative estimate of drug-likeness (QED) is 0.122. The number of carbonyl (C=O) groups is 3. The molecule has 3 aromatic heterocycles. The van der Waals surface area contributed by atoms with Crippen LogP contribution in [-0.2, 0) is 14.2 Å². The van der Waals surface area contributed by atoms with Crippen LogP contribution in [0.1, 0.15) is 129 Å². The van der Waals surface area contributed by atoms with Gasteiger partial charge < -0.3 is 9.47 Å². The molecule has 0 spiro atoms. The van der Waals surface area contributed by atoms with Crippen molar-refractivity contribution >= 4 is 84.6 Å². The number of thiophene rings is 2. The number of unbranched alkanes of at least 4 members (excludes halogenated alkanes) is 3. The number of anilines is 2. The van der Waals surface area contributed by atoms with E-state index in [1.54, 1.807) is 63.6 Å². The van der Waals surface area contributed by atoms with Crippen LogP contribution in [0, 0.1) is 0 Å². The first-order valence-corrected chi connectivity index (χ1v) is 27.0. The Morgan fingerprint density at radius 2 is 1.14 bits per heavy atom. The van der Waals surface area contributed by atoms with Crippen molar-refractivity contribution < 1.29 is 28.6 Å². The molecular weight excluding hydrogens is 795 g/mol. The topological polar surface area (TPSA) is 141 Å². The molecule has 0 atom stereocenters. The molecule has 14 heteroatoms. The Balaban J connectivity index is 0.000000526. The summed E-state index contributed by atoms with van der Waals surface area (Å²) in [6.07, 6.45) is 5.68. The van der Waals surface area contributed by atoms with Gasteiger partial charge in [-0.05, 0) is 41.5 Å². The van der Waals surface area contributed by atoms with Gasteiger partial charge in [0.1, 0.15) is 11.2 Å². The maximum absolute atomic E-state index is 12.7. The number of nitrogens with zero attached hydrogens (tertiary/aromatic N) is 1. The molecule has 0 aliphatic carbocycles. The van der Waals surface area contributed by atoms with Crippen molar-refractivity contribution in [1.29, 1.82) is 0 Å². The average molecular weight is 860 g/mol. The van der Waals surface area contributed by atoms with E-state index in [-0.39, 0.29) is 13.1 Å². The van der Waals surface area contributed by atoms with E-state index < -0.39 is 53.5 Å². The van der Waals surface area contributed by atoms with Crippen molar-refractivity contribution in [2.45, 2.75) is 159 Å². The van der Waals surface area contributed by atoms with Crippen LogP contribution < -0.4 is 19.2 Å². The number of aromatic nitrogens is 2. The third-order valence-corrected chi connectivity index (χ3v) is 27.6. The van der Waals surface area contributed by atoms with Crippen LogP contribution in [0.4, 0.5) is 25.8 Å². The first kappa shape index (κ1) is 46.5. The van der Waals surface area contributed by atoms with E-state index in [0.717, 1.165) is 5.52 Å². The molecule has 11 nitrogen and oxygen atoms in total. The Morgan fingerprint density at radius 3 is 1.51 bits per heavy atom. The molecular formula is C37H64N4O7S2Sn. The summed E-state index contributed by atoms with van der Waals surface area (Å²) < 4.78 is 22.5. The summed E-state index contributed by atoms with van der Waals surface area (Å²) in [4.78, 5) is 51.8. The van der Waals surface area contributed by atoms with Crippen molar-refractivity contribution in [3.05, 3.63) is 26.6 Å². The summed E-state index contributed by atoms with van der Waals surface area (Å²) in [6, 6.07) is 0. The Morgan fingerprint density at radius 1 is 0.725 bits per heavy atom. The number of imidazole rings is 1. The number of amides is 2. The van der Waals surface area contributed by atoms with Gasteiger partial charge in [0.15, 0.2) is 0 Å². The number of nitrogens with one attached hydrogen (secondary N) is 3. The van der Waals surface area contributed by atoms with Gasteiger partial charge in [-0.15, -0.1) is 11.3 Å². The second kappa shape index (κ2) is 20.1. The van der Waals surface area contributed by atoms with Crippen LogP contribution in [0.25, 0.3) is 11.0 Å². The number of hydrogen-bond donors (Lipinski definition) is 3. The molecule has 0 unspecified atom stereocenters. The van der Waals surface area contributed by atoms with Gasteiger partial charge in [0.2, 0.25) is 0 Å². The predicted molar refractivity (Wildman–Crippen MR) is 217 cm³/mol. The standard InChI is InChI=1S/C14H22N2O4S.C10H11N2O3S.3C4H9.CH4.Sn/c1-13(2,3)19-11(17)15-9-7-21-8-10(9)16-12(18)20-14(4,5)6;1-10(2,3)15-9(14)12-7-5-16-4-6(7)11-8(12)13;3*1-3-4-2;;/h7-8H,1-6H3,(H,15,17)(H,16,18);5H,1-3H3,(H,11,13);3*1,3-4H2,2H3;1H4;. The van der Waals surface area contributed by atoms with Crippen molar-refractivity contribution in [3.63, 3.8) is 0 Å². The normalized spacial score (nSPS) is 12.0. The zero-order chi connectivity index (χ0) is 37.9. The summed E-state index contributed by atoms with van der Waals surface area (Å²) in [5.41, 5.74) is 0.392. The first-order chi connectivity index (χ1) is 23.1. The van der Waals surface area contributed by atoms with Gasteiger partial charge in [0.05, 0.1) is 11.4 Å². The summed E-state index contributed by atoms with van der Waals surface area (Å²) >= 11 is 0.438. The van der Waals surface area contributed by atoms with Crippen LogP contribution in [-0.4, -0.2) is 63.0 Å². The van der Waals surface area contributed by atoms with E-state index in [9.17, 15) is 19.2 Å². The van der Waals surface area contributed by atoms with Gasteiger partial charge in [0.25, 0.3) is 0 Å². The molecule has 0 bridgehead atoms. The van der Waals surface area contributed by atoms with Gasteiger partial charge in [-0.25, -0.2) is 9.59 Å². The van der Waals surface area contributed by atoms with Crippen molar-refractivity contribution in [2.24, 2.45) is 0 Å². The molecule has 51 heavy (non-hydrogen) atoms. The van der Waals surface area contributed by atoms with Crippen LogP contribution in [0.15, 0.2) is 20.9 Å². The van der Waals surface area contributed by atoms with Gasteiger partial charge in [0, 0.05) is 10.8 Å².